The molecule has 0 spiro atoms. The van der Waals surface area contributed by atoms with Crippen LogP contribution in [0, 0.1) is 5.92 Å². The van der Waals surface area contributed by atoms with E-state index in [1.54, 1.807) is 0 Å². The minimum atomic E-state index is -2.51. The summed E-state index contributed by atoms with van der Waals surface area (Å²) < 4.78 is 26.4. The molecule has 1 aliphatic heterocycles. The van der Waals surface area contributed by atoms with E-state index in [0.29, 0.717) is 6.54 Å². The summed E-state index contributed by atoms with van der Waals surface area (Å²) in [6.07, 6.45) is 1.90. The second-order valence-electron chi connectivity index (χ2n) is 8.24. The van der Waals surface area contributed by atoms with E-state index in [2.05, 4.69) is 39.7 Å². The molecule has 7 heteroatoms. The molecule has 0 radical (unpaired) electrons. The van der Waals surface area contributed by atoms with Crippen LogP contribution in [0.15, 0.2) is 48.9 Å². The zero-order valence-corrected chi connectivity index (χ0v) is 17.2. The van der Waals surface area contributed by atoms with Gasteiger partial charge in [-0.25, -0.2) is 8.78 Å². The lowest BCUT2D eigenvalue weighted by Crippen LogP contribution is -2.49. The lowest BCUT2D eigenvalue weighted by Gasteiger charge is -2.43. The van der Waals surface area contributed by atoms with Crippen molar-refractivity contribution in [2.75, 3.05) is 13.1 Å². The number of aromatic nitrogens is 1. The van der Waals surface area contributed by atoms with Crippen molar-refractivity contribution in [2.45, 2.75) is 44.2 Å². The van der Waals surface area contributed by atoms with Gasteiger partial charge in [0.15, 0.2) is 0 Å². The topological polar surface area (TPSA) is 43.1 Å². The molecule has 1 unspecified atom stereocenters. The number of hydrogen-bond donors (Lipinski definition) is 3. The van der Waals surface area contributed by atoms with Crippen molar-refractivity contribution in [3.63, 3.8) is 0 Å². The average Bonchev–Trinajstić information content (AvgIpc) is 3.06. The van der Waals surface area contributed by atoms with E-state index in [1.165, 1.54) is 0 Å². The molecule has 2 heterocycles. The maximum atomic E-state index is 13.2. The maximum absolute atomic E-state index is 13.2. The standard InChI is InChI=1S/C22H27ClF2N4/c1-14(17-10-22(24,25)11-17)29-7-3-4-19(13-29)27-15(2)26-12-20-9-16-8-18(23)5-6-21(16)28-20/h5-6,8-9,17,19,26-28H,1-4,7,10-13H2. The fourth-order valence-corrected chi connectivity index (χ4v) is 4.45. The fraction of sp³-hybridized carbons (Fsp3) is 0.455. The molecule has 29 heavy (non-hydrogen) atoms. The van der Waals surface area contributed by atoms with E-state index in [0.717, 1.165) is 59.1 Å². The highest BCUT2D eigenvalue weighted by molar-refractivity contribution is 6.31. The molecule has 1 aromatic heterocycles. The number of hydrogen-bond acceptors (Lipinski definition) is 3. The lowest BCUT2D eigenvalue weighted by atomic mass is 9.78. The molecule has 1 aromatic carbocycles. The number of nitrogens with one attached hydrogen (secondary N) is 3. The van der Waals surface area contributed by atoms with E-state index in [-0.39, 0.29) is 24.8 Å². The summed E-state index contributed by atoms with van der Waals surface area (Å²) in [5.41, 5.74) is 2.96. The summed E-state index contributed by atoms with van der Waals surface area (Å²) in [7, 11) is 0. The Hall–Kier alpha value is -2.21. The molecular formula is C22H27ClF2N4. The van der Waals surface area contributed by atoms with Gasteiger partial charge in [-0.1, -0.05) is 24.8 Å². The molecule has 1 saturated carbocycles. The van der Waals surface area contributed by atoms with Crippen LogP contribution in [0.5, 0.6) is 0 Å². The third-order valence-corrected chi connectivity index (χ3v) is 6.13. The van der Waals surface area contributed by atoms with Gasteiger partial charge in [0.2, 0.25) is 5.92 Å². The summed E-state index contributed by atoms with van der Waals surface area (Å²) in [4.78, 5) is 5.53. The van der Waals surface area contributed by atoms with Crippen molar-refractivity contribution in [2.24, 2.45) is 5.92 Å². The Bertz CT molecular complexity index is 915. The Morgan fingerprint density at radius 3 is 2.83 bits per heavy atom. The quantitative estimate of drug-likeness (QED) is 0.590. The number of likely N-dealkylation sites (tertiary alicyclic amines) is 1. The number of benzene rings is 1. The zero-order valence-electron chi connectivity index (χ0n) is 16.4. The number of piperidine rings is 1. The average molecular weight is 421 g/mol. The smallest absolute Gasteiger partial charge is 0.249 e. The highest BCUT2D eigenvalue weighted by Gasteiger charge is 2.47. The van der Waals surface area contributed by atoms with Gasteiger partial charge in [-0.15, -0.1) is 0 Å². The van der Waals surface area contributed by atoms with Gasteiger partial charge in [-0.2, -0.15) is 0 Å². The number of aromatic amines is 1. The molecule has 0 amide bonds. The van der Waals surface area contributed by atoms with Crippen LogP contribution in [0.2, 0.25) is 5.02 Å². The Morgan fingerprint density at radius 2 is 2.07 bits per heavy atom. The van der Waals surface area contributed by atoms with E-state index in [9.17, 15) is 8.78 Å². The van der Waals surface area contributed by atoms with Crippen LogP contribution >= 0.6 is 11.6 Å². The summed E-state index contributed by atoms with van der Waals surface area (Å²) >= 11 is 6.04. The lowest BCUT2D eigenvalue weighted by molar-refractivity contribution is -0.105. The minimum absolute atomic E-state index is 0.0651. The predicted molar refractivity (Wildman–Crippen MR) is 114 cm³/mol. The van der Waals surface area contributed by atoms with Gasteiger partial charge in [0.25, 0.3) is 0 Å². The molecule has 0 bridgehead atoms. The second-order valence-corrected chi connectivity index (χ2v) is 8.68. The number of rotatable bonds is 7. The van der Waals surface area contributed by atoms with Gasteiger partial charge in [0, 0.05) is 65.2 Å². The van der Waals surface area contributed by atoms with Crippen LogP contribution in [0.1, 0.15) is 31.4 Å². The molecule has 3 N–H and O–H groups in total. The van der Waals surface area contributed by atoms with Crippen LogP contribution in [0.4, 0.5) is 8.78 Å². The first kappa shape index (κ1) is 20.1. The van der Waals surface area contributed by atoms with E-state index >= 15 is 0 Å². The molecular weight excluding hydrogens is 394 g/mol. The molecule has 1 saturated heterocycles. The summed E-state index contributed by atoms with van der Waals surface area (Å²) in [6.45, 7) is 10.5. The number of H-pyrrole nitrogens is 1. The Balaban J connectivity index is 1.26. The third-order valence-electron chi connectivity index (χ3n) is 5.90. The third kappa shape index (κ3) is 4.69. The highest BCUT2D eigenvalue weighted by Crippen LogP contribution is 2.46. The fourth-order valence-electron chi connectivity index (χ4n) is 4.27. The normalized spacial score (nSPS) is 21.6. The molecule has 4 nitrogen and oxygen atoms in total. The zero-order chi connectivity index (χ0) is 20.6. The number of fused-ring (bicyclic) bond motifs is 1. The Kier molecular flexibility index (Phi) is 5.47. The Labute approximate surface area is 175 Å². The molecule has 2 aromatic rings. The maximum Gasteiger partial charge on any atom is 0.249 e. The first-order chi connectivity index (χ1) is 13.8. The summed E-state index contributed by atoms with van der Waals surface area (Å²) in [5.74, 6) is -1.83. The van der Waals surface area contributed by atoms with Crippen LogP contribution in [-0.2, 0) is 6.54 Å². The van der Waals surface area contributed by atoms with Gasteiger partial charge in [-0.05, 0) is 37.1 Å². The number of halogens is 3. The highest BCUT2D eigenvalue weighted by atomic mass is 35.5. The van der Waals surface area contributed by atoms with Crippen molar-refractivity contribution < 1.29 is 8.78 Å². The second kappa shape index (κ2) is 7.90. The number of alkyl halides is 2. The molecule has 156 valence electrons. The van der Waals surface area contributed by atoms with Crippen LogP contribution in [-0.4, -0.2) is 34.9 Å². The molecule has 4 rings (SSSR count). The predicted octanol–water partition coefficient (Wildman–Crippen LogP) is 5.00. The summed E-state index contributed by atoms with van der Waals surface area (Å²) in [5, 5.41) is 8.55. The molecule has 1 atom stereocenters. The van der Waals surface area contributed by atoms with E-state index in [4.69, 9.17) is 11.6 Å². The number of nitrogens with zero attached hydrogens (tertiary/aromatic N) is 1. The van der Waals surface area contributed by atoms with Crippen LogP contribution in [0.3, 0.4) is 0 Å². The van der Waals surface area contributed by atoms with Gasteiger partial charge < -0.3 is 20.5 Å². The molecule has 2 fully saturated rings. The van der Waals surface area contributed by atoms with Crippen molar-refractivity contribution >= 4 is 22.5 Å². The van der Waals surface area contributed by atoms with Gasteiger partial charge >= 0.3 is 0 Å². The van der Waals surface area contributed by atoms with Gasteiger partial charge in [0.05, 0.1) is 12.4 Å². The van der Waals surface area contributed by atoms with Crippen molar-refractivity contribution in [3.8, 4) is 0 Å². The minimum Gasteiger partial charge on any atom is -0.373 e. The Morgan fingerprint density at radius 1 is 1.28 bits per heavy atom. The van der Waals surface area contributed by atoms with Gasteiger partial charge in [0.1, 0.15) is 0 Å². The largest absolute Gasteiger partial charge is 0.373 e. The first-order valence-electron chi connectivity index (χ1n) is 10.1. The van der Waals surface area contributed by atoms with Crippen molar-refractivity contribution in [3.05, 3.63) is 59.7 Å². The van der Waals surface area contributed by atoms with Crippen LogP contribution < -0.4 is 10.6 Å². The van der Waals surface area contributed by atoms with Crippen molar-refractivity contribution in [1.29, 1.82) is 0 Å². The van der Waals surface area contributed by atoms with E-state index < -0.39 is 5.92 Å². The van der Waals surface area contributed by atoms with E-state index in [1.807, 2.05) is 18.2 Å². The monoisotopic (exact) mass is 420 g/mol. The summed E-state index contributed by atoms with van der Waals surface area (Å²) in [6, 6.07) is 8.07. The van der Waals surface area contributed by atoms with Crippen molar-refractivity contribution in [1.82, 2.24) is 20.5 Å². The molecule has 2 aliphatic rings. The SMILES string of the molecule is C=C(NCc1cc2cc(Cl)ccc2[nH]1)NC1CCCN(C(=C)C2CC(F)(F)C2)C1. The number of allylic oxidation sites excluding steroid dienone is 1. The molecule has 1 aliphatic carbocycles. The van der Waals surface area contributed by atoms with Gasteiger partial charge in [-0.3, -0.25) is 0 Å². The first-order valence-corrected chi connectivity index (χ1v) is 10.4. The van der Waals surface area contributed by atoms with Crippen LogP contribution in [0.25, 0.3) is 10.9 Å².